The number of hydrogen-bond donors (Lipinski definition) is 1. The van der Waals surface area contributed by atoms with Gasteiger partial charge in [-0.15, -0.1) is 0 Å². The highest BCUT2D eigenvalue weighted by Gasteiger charge is 2.45. The fraction of sp³-hybridized carbons (Fsp3) is 0.778. The van der Waals surface area contributed by atoms with Gasteiger partial charge in [0.25, 0.3) is 0 Å². The fourth-order valence-electron chi connectivity index (χ4n) is 1.71. The lowest BCUT2D eigenvalue weighted by molar-refractivity contribution is 0.274. The molecule has 1 aliphatic carbocycles. The van der Waals surface area contributed by atoms with Crippen molar-refractivity contribution in [1.82, 2.24) is 15.5 Å². The highest BCUT2D eigenvalue weighted by molar-refractivity contribution is 5.16. The quantitative estimate of drug-likeness (QED) is 0.760. The van der Waals surface area contributed by atoms with Crippen LogP contribution in [0.1, 0.15) is 31.0 Å². The summed E-state index contributed by atoms with van der Waals surface area (Å²) in [5.41, 5.74) is -0.0115. The Balaban J connectivity index is 1.83. The first-order valence-electron chi connectivity index (χ1n) is 4.88. The zero-order valence-electron chi connectivity index (χ0n) is 7.96. The molecule has 0 radical (unpaired) electrons. The van der Waals surface area contributed by atoms with E-state index in [4.69, 9.17) is 4.52 Å². The molecule has 4 nitrogen and oxygen atoms in total. The third-order valence-electron chi connectivity index (χ3n) is 3.04. The number of halogens is 1. The maximum absolute atomic E-state index is 12.7. The van der Waals surface area contributed by atoms with E-state index >= 15 is 0 Å². The lowest BCUT2D eigenvalue weighted by Gasteiger charge is -2.36. The number of hydrogen-bond acceptors (Lipinski definition) is 4. The van der Waals surface area contributed by atoms with Crippen LogP contribution in [0.25, 0.3) is 0 Å². The van der Waals surface area contributed by atoms with Gasteiger partial charge < -0.3 is 9.84 Å². The average molecular weight is 197 g/mol. The first kappa shape index (κ1) is 8.35. The molecular formula is C9H12FN3O. The van der Waals surface area contributed by atoms with Crippen molar-refractivity contribution >= 4 is 0 Å². The van der Waals surface area contributed by atoms with Crippen LogP contribution in [0.2, 0.25) is 0 Å². The molecule has 0 bridgehead atoms. The molecular weight excluding hydrogens is 185 g/mol. The van der Waals surface area contributed by atoms with Crippen molar-refractivity contribution in [2.24, 2.45) is 0 Å². The number of nitrogens with zero attached hydrogens (tertiary/aromatic N) is 2. The number of nitrogens with one attached hydrogen (secondary N) is 1. The minimum absolute atomic E-state index is 0.0115. The van der Waals surface area contributed by atoms with Crippen molar-refractivity contribution in [2.75, 3.05) is 13.1 Å². The molecule has 0 unspecified atom stereocenters. The van der Waals surface area contributed by atoms with Gasteiger partial charge in [0, 0.05) is 13.1 Å². The van der Waals surface area contributed by atoms with Gasteiger partial charge in [-0.25, -0.2) is 4.39 Å². The molecule has 0 spiro atoms. The van der Waals surface area contributed by atoms with E-state index in [0.29, 0.717) is 18.1 Å². The molecule has 76 valence electrons. The lowest BCUT2D eigenvalue weighted by Crippen LogP contribution is -2.55. The molecule has 1 aliphatic heterocycles. The highest BCUT2D eigenvalue weighted by atomic mass is 19.1. The zero-order valence-corrected chi connectivity index (χ0v) is 7.96. The van der Waals surface area contributed by atoms with Gasteiger partial charge in [0.05, 0.1) is 11.3 Å². The van der Waals surface area contributed by atoms with Gasteiger partial charge in [-0.05, 0) is 13.3 Å². The predicted octanol–water partition coefficient (Wildman–Crippen LogP) is 0.756. The Labute approximate surface area is 80.9 Å². The molecule has 0 aromatic carbocycles. The van der Waals surface area contributed by atoms with Crippen LogP contribution < -0.4 is 5.32 Å². The molecule has 14 heavy (non-hydrogen) atoms. The highest BCUT2D eigenvalue weighted by Crippen LogP contribution is 2.43. The van der Waals surface area contributed by atoms with Crippen molar-refractivity contribution in [3.8, 4) is 0 Å². The summed E-state index contributed by atoms with van der Waals surface area (Å²) in [7, 11) is 0. The molecule has 2 atom stereocenters. The van der Waals surface area contributed by atoms with Crippen LogP contribution in [0.4, 0.5) is 4.39 Å². The third-order valence-corrected chi connectivity index (χ3v) is 3.04. The number of aromatic nitrogens is 2. The third kappa shape index (κ3) is 1.08. The molecule has 1 N–H and O–H groups in total. The van der Waals surface area contributed by atoms with Crippen LogP contribution in [0.3, 0.4) is 0 Å². The van der Waals surface area contributed by atoms with Crippen molar-refractivity contribution in [3.63, 3.8) is 0 Å². The summed E-state index contributed by atoms with van der Waals surface area (Å²) in [6, 6.07) is 0. The van der Waals surface area contributed by atoms with E-state index in [1.165, 1.54) is 0 Å². The van der Waals surface area contributed by atoms with E-state index < -0.39 is 6.17 Å². The second kappa shape index (κ2) is 2.53. The molecule has 1 aromatic heterocycles. The lowest BCUT2D eigenvalue weighted by atomic mass is 9.83. The molecule has 1 saturated carbocycles. The van der Waals surface area contributed by atoms with E-state index in [0.717, 1.165) is 13.1 Å². The summed E-state index contributed by atoms with van der Waals surface area (Å²) in [5.74, 6) is 1.05. The van der Waals surface area contributed by atoms with Crippen molar-refractivity contribution < 1.29 is 8.91 Å². The Kier molecular flexibility index (Phi) is 1.51. The molecule has 2 heterocycles. The maximum atomic E-state index is 12.7. The number of rotatable bonds is 2. The maximum Gasteiger partial charge on any atom is 0.232 e. The average Bonchev–Trinajstić information content (AvgIpc) is 2.66. The molecule has 2 aliphatic rings. The second-order valence-electron chi connectivity index (χ2n) is 4.48. The van der Waals surface area contributed by atoms with Gasteiger partial charge >= 0.3 is 0 Å². The minimum Gasteiger partial charge on any atom is -0.339 e. The Morgan fingerprint density at radius 3 is 2.79 bits per heavy atom. The molecule has 1 saturated heterocycles. The molecule has 2 fully saturated rings. The smallest absolute Gasteiger partial charge is 0.232 e. The van der Waals surface area contributed by atoms with Crippen LogP contribution in [-0.2, 0) is 5.41 Å². The van der Waals surface area contributed by atoms with Crippen molar-refractivity contribution in [1.29, 1.82) is 0 Å². The van der Waals surface area contributed by atoms with Gasteiger partial charge in [-0.3, -0.25) is 0 Å². The van der Waals surface area contributed by atoms with Gasteiger partial charge in [-0.2, -0.15) is 4.98 Å². The Morgan fingerprint density at radius 2 is 2.29 bits per heavy atom. The zero-order chi connectivity index (χ0) is 9.76. The summed E-state index contributed by atoms with van der Waals surface area (Å²) in [4.78, 5) is 4.26. The summed E-state index contributed by atoms with van der Waals surface area (Å²) < 4.78 is 17.8. The summed E-state index contributed by atoms with van der Waals surface area (Å²) in [6.45, 7) is 3.82. The van der Waals surface area contributed by atoms with Crippen molar-refractivity contribution in [2.45, 2.75) is 30.8 Å². The van der Waals surface area contributed by atoms with Crippen LogP contribution in [0, 0.1) is 0 Å². The summed E-state index contributed by atoms with van der Waals surface area (Å²) in [5, 5.41) is 7.08. The standard InChI is InChI=1S/C9H12FN3O/c1-9(3-11-4-9)8-12-7(14-13-8)5-2-6(5)10/h5-6,11H,2-4H2,1H3/t5-,6+/m1/s1. The van der Waals surface area contributed by atoms with Gasteiger partial charge in [0.2, 0.25) is 5.89 Å². The van der Waals surface area contributed by atoms with Crippen molar-refractivity contribution in [3.05, 3.63) is 11.7 Å². The topological polar surface area (TPSA) is 51.0 Å². The summed E-state index contributed by atoms with van der Waals surface area (Å²) in [6.07, 6.45) is -0.230. The predicted molar refractivity (Wildman–Crippen MR) is 46.8 cm³/mol. The second-order valence-corrected chi connectivity index (χ2v) is 4.48. The largest absolute Gasteiger partial charge is 0.339 e. The van der Waals surface area contributed by atoms with E-state index in [1.54, 1.807) is 0 Å². The van der Waals surface area contributed by atoms with E-state index in [1.807, 2.05) is 0 Å². The van der Waals surface area contributed by atoms with Crippen LogP contribution >= 0.6 is 0 Å². The normalized spacial score (nSPS) is 33.9. The van der Waals surface area contributed by atoms with Gasteiger partial charge in [0.1, 0.15) is 6.17 Å². The Hall–Kier alpha value is -0.970. The van der Waals surface area contributed by atoms with Gasteiger partial charge in [0.15, 0.2) is 5.82 Å². The Bertz CT molecular complexity index is 361. The molecule has 3 rings (SSSR count). The fourth-order valence-corrected chi connectivity index (χ4v) is 1.71. The van der Waals surface area contributed by atoms with E-state index in [-0.39, 0.29) is 11.3 Å². The van der Waals surface area contributed by atoms with E-state index in [9.17, 15) is 4.39 Å². The molecule has 1 aromatic rings. The molecule has 0 amide bonds. The first-order chi connectivity index (χ1) is 6.69. The van der Waals surface area contributed by atoms with Crippen LogP contribution in [-0.4, -0.2) is 29.4 Å². The van der Waals surface area contributed by atoms with Crippen LogP contribution in [0.5, 0.6) is 0 Å². The van der Waals surface area contributed by atoms with Crippen LogP contribution in [0.15, 0.2) is 4.52 Å². The number of alkyl halides is 1. The van der Waals surface area contributed by atoms with Gasteiger partial charge in [-0.1, -0.05) is 5.16 Å². The monoisotopic (exact) mass is 197 g/mol. The minimum atomic E-state index is -0.768. The molecule has 5 heteroatoms. The first-order valence-corrected chi connectivity index (χ1v) is 4.88. The SMILES string of the molecule is CC1(c2noc([C@@H]3C[C@@H]3F)n2)CNC1. The van der Waals surface area contributed by atoms with E-state index in [2.05, 4.69) is 22.4 Å². The summed E-state index contributed by atoms with van der Waals surface area (Å²) >= 11 is 0. The Morgan fingerprint density at radius 1 is 1.57 bits per heavy atom.